The summed E-state index contributed by atoms with van der Waals surface area (Å²) in [5.41, 5.74) is 6.58. The molecule has 0 amide bonds. The third kappa shape index (κ3) is 3.00. The second kappa shape index (κ2) is 6.16. The van der Waals surface area contributed by atoms with Gasteiger partial charge in [0.05, 0.1) is 16.3 Å². The quantitative estimate of drug-likeness (QED) is 0.652. The molecule has 0 fully saturated rings. The van der Waals surface area contributed by atoms with Crippen LogP contribution in [0.2, 0.25) is 0 Å². The van der Waals surface area contributed by atoms with Crippen LogP contribution in [0.1, 0.15) is 34.1 Å². The van der Waals surface area contributed by atoms with Crippen LogP contribution in [0, 0.1) is 6.92 Å². The predicted octanol–water partition coefficient (Wildman–Crippen LogP) is 3.55. The van der Waals surface area contributed by atoms with Gasteiger partial charge in [0.15, 0.2) is 15.6 Å². The molecule has 0 saturated carbocycles. The molecule has 2 aromatic carbocycles. The molecule has 138 valence electrons. The maximum absolute atomic E-state index is 12.2. The number of fused-ring (bicyclic) bond motifs is 3. The van der Waals surface area contributed by atoms with Crippen molar-refractivity contribution in [3.63, 3.8) is 0 Å². The van der Waals surface area contributed by atoms with Crippen molar-refractivity contribution >= 4 is 15.6 Å². The Morgan fingerprint density at radius 2 is 1.78 bits per heavy atom. The Kier molecular flexibility index (Phi) is 4.03. The van der Waals surface area contributed by atoms with Gasteiger partial charge in [0.2, 0.25) is 0 Å². The Hall–Kier alpha value is -2.73. The Morgan fingerprint density at radius 1 is 1.07 bits per heavy atom. The lowest BCUT2D eigenvalue weighted by Gasteiger charge is -2.19. The van der Waals surface area contributed by atoms with E-state index in [2.05, 4.69) is 23.3 Å². The molecule has 0 bridgehead atoms. The first kappa shape index (κ1) is 17.7. The monoisotopic (exact) mass is 380 g/mol. The van der Waals surface area contributed by atoms with E-state index in [9.17, 15) is 13.2 Å². The Labute approximate surface area is 158 Å². The fourth-order valence-electron chi connectivity index (χ4n) is 3.66. The van der Waals surface area contributed by atoms with Crippen molar-refractivity contribution in [2.24, 2.45) is 0 Å². The average Bonchev–Trinajstić information content (AvgIpc) is 3.01. The van der Waals surface area contributed by atoms with E-state index in [0.717, 1.165) is 40.9 Å². The van der Waals surface area contributed by atoms with E-state index in [1.807, 2.05) is 6.92 Å². The van der Waals surface area contributed by atoms with Crippen molar-refractivity contribution in [1.82, 2.24) is 9.78 Å². The molecule has 0 unspecified atom stereocenters. The first-order valence-corrected chi connectivity index (χ1v) is 10.7. The lowest BCUT2D eigenvalue weighted by molar-refractivity contribution is 0.101. The van der Waals surface area contributed by atoms with E-state index in [1.165, 1.54) is 18.7 Å². The summed E-state index contributed by atoms with van der Waals surface area (Å²) in [7, 11) is -3.27. The van der Waals surface area contributed by atoms with Crippen LogP contribution in [-0.4, -0.2) is 30.2 Å². The molecule has 0 atom stereocenters. The fraction of sp³-hybridized carbons (Fsp3) is 0.238. The van der Waals surface area contributed by atoms with Gasteiger partial charge in [0.25, 0.3) is 0 Å². The maximum Gasteiger partial charge on any atom is 0.180 e. The number of aryl methyl sites for hydroxylation is 2. The number of nitrogens with zero attached hydrogens (tertiary/aromatic N) is 2. The molecule has 1 heterocycles. The van der Waals surface area contributed by atoms with Crippen LogP contribution in [0.3, 0.4) is 0 Å². The highest BCUT2D eigenvalue weighted by Gasteiger charge is 2.27. The summed E-state index contributed by atoms with van der Waals surface area (Å²) < 4.78 is 25.3. The Balaban J connectivity index is 1.96. The van der Waals surface area contributed by atoms with E-state index in [0.29, 0.717) is 5.69 Å². The smallest absolute Gasteiger partial charge is 0.180 e. The zero-order valence-electron chi connectivity index (χ0n) is 15.5. The van der Waals surface area contributed by atoms with Crippen LogP contribution in [0.15, 0.2) is 47.4 Å². The number of benzene rings is 2. The molecular weight excluding hydrogens is 360 g/mol. The summed E-state index contributed by atoms with van der Waals surface area (Å²) in [5.74, 6) is -0.0612. The molecule has 1 aliphatic carbocycles. The van der Waals surface area contributed by atoms with Crippen molar-refractivity contribution in [2.45, 2.75) is 31.6 Å². The Bertz CT molecular complexity index is 1170. The number of Topliss-reactive ketones (excluding diaryl/α,β-unsaturated/α-hetero) is 1. The van der Waals surface area contributed by atoms with E-state index in [1.54, 1.807) is 28.9 Å². The highest BCUT2D eigenvalue weighted by Crippen LogP contribution is 2.37. The zero-order valence-corrected chi connectivity index (χ0v) is 16.3. The summed E-state index contributed by atoms with van der Waals surface area (Å²) >= 11 is 0. The molecule has 1 aromatic heterocycles. The summed E-state index contributed by atoms with van der Waals surface area (Å²) in [4.78, 5) is 12.4. The molecule has 4 rings (SSSR count). The number of hydrogen-bond acceptors (Lipinski definition) is 4. The molecule has 0 saturated heterocycles. The third-order valence-electron chi connectivity index (χ3n) is 4.99. The molecule has 5 nitrogen and oxygen atoms in total. The molecule has 3 aromatic rings. The van der Waals surface area contributed by atoms with Gasteiger partial charge < -0.3 is 0 Å². The number of rotatable bonds is 3. The molecule has 0 aliphatic heterocycles. The van der Waals surface area contributed by atoms with Crippen molar-refractivity contribution in [3.05, 3.63) is 64.8 Å². The SMILES string of the molecule is CC(=O)c1nn(-c2ccc(S(C)(=O)=O)cc2)c2c1CCc1ccc(C)cc1-2. The van der Waals surface area contributed by atoms with Crippen molar-refractivity contribution in [2.75, 3.05) is 6.26 Å². The molecular formula is C21H20N2O3S. The zero-order chi connectivity index (χ0) is 19.3. The van der Waals surface area contributed by atoms with E-state index in [-0.39, 0.29) is 10.7 Å². The standard InChI is InChI=1S/C21H20N2O3S/c1-13-4-5-15-6-11-18-20(14(2)24)22-23(21(18)19(15)12-13)16-7-9-17(10-8-16)27(3,25)26/h4-5,7-10,12H,6,11H2,1-3H3. The number of carbonyl (C=O) groups is 1. The first-order valence-electron chi connectivity index (χ1n) is 8.79. The maximum atomic E-state index is 12.2. The number of aromatic nitrogens is 2. The van der Waals surface area contributed by atoms with Gasteiger partial charge in [0.1, 0.15) is 5.69 Å². The van der Waals surface area contributed by atoms with Crippen molar-refractivity contribution < 1.29 is 13.2 Å². The number of ketones is 1. The molecule has 0 radical (unpaired) electrons. The van der Waals surface area contributed by atoms with Crippen LogP contribution in [0.25, 0.3) is 16.9 Å². The number of sulfone groups is 1. The summed E-state index contributed by atoms with van der Waals surface area (Å²) in [6.45, 7) is 3.58. The lowest BCUT2D eigenvalue weighted by Crippen LogP contribution is -2.08. The predicted molar refractivity (Wildman–Crippen MR) is 104 cm³/mol. The van der Waals surface area contributed by atoms with Gasteiger partial charge in [-0.25, -0.2) is 13.1 Å². The second-order valence-corrected chi connectivity index (χ2v) is 9.09. The van der Waals surface area contributed by atoms with Gasteiger partial charge >= 0.3 is 0 Å². The molecule has 1 aliphatic rings. The summed E-state index contributed by atoms with van der Waals surface area (Å²) in [6, 6.07) is 13.0. The van der Waals surface area contributed by atoms with Crippen LogP contribution in [-0.2, 0) is 22.7 Å². The lowest BCUT2D eigenvalue weighted by atomic mass is 9.87. The van der Waals surface area contributed by atoms with E-state index < -0.39 is 9.84 Å². The van der Waals surface area contributed by atoms with Crippen LogP contribution in [0.5, 0.6) is 0 Å². The largest absolute Gasteiger partial charge is 0.293 e. The van der Waals surface area contributed by atoms with Crippen molar-refractivity contribution in [1.29, 1.82) is 0 Å². The van der Waals surface area contributed by atoms with Gasteiger partial charge in [-0.1, -0.05) is 17.7 Å². The summed E-state index contributed by atoms with van der Waals surface area (Å²) in [5, 5.41) is 4.60. The van der Waals surface area contributed by atoms with E-state index >= 15 is 0 Å². The average molecular weight is 380 g/mol. The number of carbonyl (C=O) groups excluding carboxylic acids is 1. The second-order valence-electron chi connectivity index (χ2n) is 7.07. The molecule has 0 spiro atoms. The minimum atomic E-state index is -3.27. The van der Waals surface area contributed by atoms with Crippen molar-refractivity contribution in [3.8, 4) is 16.9 Å². The number of hydrogen-bond donors (Lipinski definition) is 0. The Morgan fingerprint density at radius 3 is 2.41 bits per heavy atom. The fourth-order valence-corrected chi connectivity index (χ4v) is 4.29. The molecule has 0 N–H and O–H groups in total. The topological polar surface area (TPSA) is 69.0 Å². The minimum absolute atomic E-state index is 0.0612. The van der Waals surface area contributed by atoms with Crippen LogP contribution < -0.4 is 0 Å². The first-order chi connectivity index (χ1) is 12.8. The van der Waals surface area contributed by atoms with Gasteiger partial charge in [0, 0.05) is 24.3 Å². The molecule has 6 heteroatoms. The normalized spacial score (nSPS) is 13.1. The van der Waals surface area contributed by atoms with Crippen LogP contribution >= 0.6 is 0 Å². The van der Waals surface area contributed by atoms with Gasteiger partial charge in [-0.05, 0) is 55.7 Å². The minimum Gasteiger partial charge on any atom is -0.293 e. The highest BCUT2D eigenvalue weighted by molar-refractivity contribution is 7.90. The summed E-state index contributed by atoms with van der Waals surface area (Å²) in [6.07, 6.45) is 2.83. The van der Waals surface area contributed by atoms with Gasteiger partial charge in [-0.15, -0.1) is 0 Å². The van der Waals surface area contributed by atoms with Gasteiger partial charge in [-0.3, -0.25) is 4.79 Å². The highest BCUT2D eigenvalue weighted by atomic mass is 32.2. The molecule has 27 heavy (non-hydrogen) atoms. The third-order valence-corrected chi connectivity index (χ3v) is 6.12. The van der Waals surface area contributed by atoms with Crippen LogP contribution in [0.4, 0.5) is 0 Å². The van der Waals surface area contributed by atoms with Gasteiger partial charge in [-0.2, -0.15) is 5.10 Å². The van der Waals surface area contributed by atoms with E-state index in [4.69, 9.17) is 0 Å².